The first-order valence-electron chi connectivity index (χ1n) is 7.14. The Morgan fingerprint density at radius 2 is 1.60 bits per heavy atom. The third kappa shape index (κ3) is 5.06. The fourth-order valence-electron chi connectivity index (χ4n) is 2.05. The summed E-state index contributed by atoms with van der Waals surface area (Å²) in [6.07, 6.45) is 1.97. The molecule has 2 aromatic rings. The Hall–Kier alpha value is -1.80. The standard InChI is InChI=1S/C18H22NO/c1-2-19-13-6-14-20-18-11-9-17(10-12-18)15-16-7-4-3-5-8-16/h3-5,7-12,19H,1-2,6,13-15H2. The highest BCUT2D eigenvalue weighted by Gasteiger charge is 1.97. The highest BCUT2D eigenvalue weighted by molar-refractivity contribution is 5.31. The van der Waals surface area contributed by atoms with Crippen LogP contribution in [0.4, 0.5) is 0 Å². The quantitative estimate of drug-likeness (QED) is 0.740. The molecule has 2 aromatic carbocycles. The first-order valence-corrected chi connectivity index (χ1v) is 7.14. The van der Waals surface area contributed by atoms with Gasteiger partial charge in [0.25, 0.3) is 0 Å². The molecule has 2 heteroatoms. The second-order valence-electron chi connectivity index (χ2n) is 4.76. The van der Waals surface area contributed by atoms with E-state index in [0.29, 0.717) is 0 Å². The highest BCUT2D eigenvalue weighted by Crippen LogP contribution is 2.15. The smallest absolute Gasteiger partial charge is 0.119 e. The van der Waals surface area contributed by atoms with Gasteiger partial charge in [0, 0.05) is 0 Å². The zero-order valence-electron chi connectivity index (χ0n) is 11.8. The van der Waals surface area contributed by atoms with Gasteiger partial charge < -0.3 is 10.1 Å². The number of nitrogens with one attached hydrogen (secondary N) is 1. The molecule has 105 valence electrons. The average molecular weight is 268 g/mol. The molecule has 0 fully saturated rings. The van der Waals surface area contributed by atoms with E-state index in [1.165, 1.54) is 11.1 Å². The van der Waals surface area contributed by atoms with Crippen LogP contribution in [0.15, 0.2) is 54.6 Å². The predicted octanol–water partition coefficient (Wildman–Crippen LogP) is 3.47. The van der Waals surface area contributed by atoms with E-state index in [0.717, 1.165) is 38.3 Å². The van der Waals surface area contributed by atoms with E-state index in [2.05, 4.69) is 48.6 Å². The van der Waals surface area contributed by atoms with Crippen molar-refractivity contribution in [1.82, 2.24) is 5.32 Å². The molecule has 1 radical (unpaired) electrons. The van der Waals surface area contributed by atoms with Crippen LogP contribution in [0, 0.1) is 6.92 Å². The molecule has 0 atom stereocenters. The Labute approximate surface area is 121 Å². The maximum atomic E-state index is 5.70. The molecule has 0 spiro atoms. The molecule has 0 unspecified atom stereocenters. The van der Waals surface area contributed by atoms with Crippen molar-refractivity contribution in [3.05, 3.63) is 72.6 Å². The van der Waals surface area contributed by atoms with Gasteiger partial charge in [-0.2, -0.15) is 0 Å². The SMILES string of the molecule is [CH2]CNCCCOc1ccc(Cc2ccccc2)cc1. The average Bonchev–Trinajstić information content (AvgIpc) is 2.50. The van der Waals surface area contributed by atoms with Crippen molar-refractivity contribution < 1.29 is 4.74 Å². The fraction of sp³-hybridized carbons (Fsp3) is 0.278. The fourth-order valence-corrected chi connectivity index (χ4v) is 2.05. The molecule has 0 aliphatic carbocycles. The zero-order valence-corrected chi connectivity index (χ0v) is 11.8. The van der Waals surface area contributed by atoms with Gasteiger partial charge >= 0.3 is 0 Å². The summed E-state index contributed by atoms with van der Waals surface area (Å²) < 4.78 is 5.70. The molecule has 2 nitrogen and oxygen atoms in total. The van der Waals surface area contributed by atoms with Gasteiger partial charge in [-0.25, -0.2) is 0 Å². The molecule has 0 amide bonds. The van der Waals surface area contributed by atoms with E-state index in [1.54, 1.807) is 0 Å². The monoisotopic (exact) mass is 268 g/mol. The van der Waals surface area contributed by atoms with Crippen molar-refractivity contribution in [2.45, 2.75) is 12.8 Å². The van der Waals surface area contributed by atoms with Gasteiger partial charge in [-0.15, -0.1) is 0 Å². The van der Waals surface area contributed by atoms with Gasteiger partial charge in [0.1, 0.15) is 5.75 Å². The minimum atomic E-state index is 0.741. The molecule has 0 aromatic heterocycles. The van der Waals surface area contributed by atoms with Gasteiger partial charge in [-0.3, -0.25) is 0 Å². The summed E-state index contributed by atoms with van der Waals surface area (Å²) in [7, 11) is 0. The summed E-state index contributed by atoms with van der Waals surface area (Å²) in [5.41, 5.74) is 2.64. The maximum Gasteiger partial charge on any atom is 0.119 e. The number of ether oxygens (including phenoxy) is 1. The second-order valence-corrected chi connectivity index (χ2v) is 4.76. The van der Waals surface area contributed by atoms with Crippen molar-refractivity contribution in [2.75, 3.05) is 19.7 Å². The molecule has 2 rings (SSSR count). The minimum absolute atomic E-state index is 0.741. The lowest BCUT2D eigenvalue weighted by atomic mass is 10.1. The molecule has 0 heterocycles. The first kappa shape index (κ1) is 14.6. The topological polar surface area (TPSA) is 21.3 Å². The lowest BCUT2D eigenvalue weighted by Gasteiger charge is -2.07. The Balaban J connectivity index is 1.78. The highest BCUT2D eigenvalue weighted by atomic mass is 16.5. The van der Waals surface area contributed by atoms with Crippen LogP contribution < -0.4 is 10.1 Å². The number of benzene rings is 2. The van der Waals surface area contributed by atoms with Gasteiger partial charge in [0.15, 0.2) is 0 Å². The molecule has 0 aliphatic heterocycles. The summed E-state index contributed by atoms with van der Waals surface area (Å²) in [5, 5.41) is 3.18. The van der Waals surface area contributed by atoms with Crippen molar-refractivity contribution in [2.24, 2.45) is 0 Å². The van der Waals surface area contributed by atoms with Crippen LogP contribution >= 0.6 is 0 Å². The van der Waals surface area contributed by atoms with Crippen molar-refractivity contribution >= 4 is 0 Å². The van der Waals surface area contributed by atoms with E-state index in [-0.39, 0.29) is 0 Å². The van der Waals surface area contributed by atoms with Gasteiger partial charge in [0.2, 0.25) is 0 Å². The van der Waals surface area contributed by atoms with Crippen LogP contribution in [0.5, 0.6) is 5.75 Å². The third-order valence-electron chi connectivity index (χ3n) is 3.12. The van der Waals surface area contributed by atoms with Gasteiger partial charge in [-0.05, 0) is 56.1 Å². The molecule has 20 heavy (non-hydrogen) atoms. The molecule has 0 saturated heterocycles. The van der Waals surface area contributed by atoms with Crippen LogP contribution in [-0.4, -0.2) is 19.7 Å². The summed E-state index contributed by atoms with van der Waals surface area (Å²) in [5.74, 6) is 0.941. The van der Waals surface area contributed by atoms with Crippen molar-refractivity contribution in [3.8, 4) is 5.75 Å². The number of rotatable bonds is 8. The van der Waals surface area contributed by atoms with Crippen LogP contribution in [0.1, 0.15) is 17.5 Å². The Morgan fingerprint density at radius 3 is 2.30 bits per heavy atom. The van der Waals surface area contributed by atoms with E-state index < -0.39 is 0 Å². The van der Waals surface area contributed by atoms with Gasteiger partial charge in [-0.1, -0.05) is 42.5 Å². The van der Waals surface area contributed by atoms with Crippen molar-refractivity contribution in [3.63, 3.8) is 0 Å². The molecule has 0 bridgehead atoms. The third-order valence-corrected chi connectivity index (χ3v) is 3.12. The Morgan fingerprint density at radius 1 is 0.900 bits per heavy atom. The Bertz CT molecular complexity index is 479. The van der Waals surface area contributed by atoms with Crippen molar-refractivity contribution in [1.29, 1.82) is 0 Å². The molecule has 0 saturated carbocycles. The lowest BCUT2D eigenvalue weighted by molar-refractivity contribution is 0.309. The summed E-state index contributed by atoms with van der Waals surface area (Å²) in [4.78, 5) is 0. The summed E-state index contributed by atoms with van der Waals surface area (Å²) in [6, 6.07) is 18.9. The predicted molar refractivity (Wildman–Crippen MR) is 84.0 cm³/mol. The number of hydrogen-bond acceptors (Lipinski definition) is 2. The van der Waals surface area contributed by atoms with Crippen LogP contribution in [0.3, 0.4) is 0 Å². The summed E-state index contributed by atoms with van der Waals surface area (Å²) in [6.45, 7) is 6.20. The first-order chi connectivity index (χ1) is 9.88. The normalized spacial score (nSPS) is 10.4. The second kappa shape index (κ2) is 8.39. The van der Waals surface area contributed by atoms with Gasteiger partial charge in [0.05, 0.1) is 6.61 Å². The van der Waals surface area contributed by atoms with E-state index in [1.807, 2.05) is 18.2 Å². The molecular formula is C18H22NO. The molecule has 0 aliphatic rings. The van der Waals surface area contributed by atoms with E-state index in [9.17, 15) is 0 Å². The minimum Gasteiger partial charge on any atom is -0.494 e. The largest absolute Gasteiger partial charge is 0.494 e. The lowest BCUT2D eigenvalue weighted by Crippen LogP contribution is -2.16. The molecule has 1 N–H and O–H groups in total. The van der Waals surface area contributed by atoms with Crippen LogP contribution in [-0.2, 0) is 6.42 Å². The van der Waals surface area contributed by atoms with E-state index in [4.69, 9.17) is 4.74 Å². The van der Waals surface area contributed by atoms with E-state index >= 15 is 0 Å². The van der Waals surface area contributed by atoms with Crippen LogP contribution in [0.2, 0.25) is 0 Å². The number of hydrogen-bond donors (Lipinski definition) is 1. The maximum absolute atomic E-state index is 5.70. The zero-order chi connectivity index (χ0) is 14.0. The summed E-state index contributed by atoms with van der Waals surface area (Å²) >= 11 is 0. The van der Waals surface area contributed by atoms with Crippen LogP contribution in [0.25, 0.3) is 0 Å². The Kier molecular flexibility index (Phi) is 6.12. The molecular weight excluding hydrogens is 246 g/mol.